The third-order valence-corrected chi connectivity index (χ3v) is 12.8. The summed E-state index contributed by atoms with van der Waals surface area (Å²) in [6.07, 6.45) is 12.4. The molecule has 0 aromatic heterocycles. The van der Waals surface area contributed by atoms with Crippen LogP contribution in [0, 0.1) is 50.7 Å². The summed E-state index contributed by atoms with van der Waals surface area (Å²) in [4.78, 5) is 36.6. The van der Waals surface area contributed by atoms with Gasteiger partial charge in [0.15, 0.2) is 5.78 Å². The highest BCUT2D eigenvalue weighted by Crippen LogP contribution is 2.88. The molecule has 0 aromatic carbocycles. The lowest BCUT2D eigenvalue weighted by Gasteiger charge is -2.62. The Morgan fingerprint density at radius 2 is 1.62 bits per heavy atom. The Morgan fingerprint density at radius 3 is 2.29 bits per heavy atom. The van der Waals surface area contributed by atoms with Crippen molar-refractivity contribution < 1.29 is 19.5 Å². The number of hydrogen-bond donors (Lipinski definition) is 1. The van der Waals surface area contributed by atoms with Crippen LogP contribution in [-0.2, 0) is 14.4 Å². The number of carboxylic acids is 1. The topological polar surface area (TPSA) is 71.4 Å². The van der Waals surface area contributed by atoms with Gasteiger partial charge >= 0.3 is 5.97 Å². The molecule has 8 atom stereocenters. The number of fused-ring (bicyclic) bond motifs is 2. The quantitative estimate of drug-likeness (QED) is 0.460. The Labute approximate surface area is 205 Å². The van der Waals surface area contributed by atoms with Crippen molar-refractivity contribution in [2.45, 2.75) is 106 Å². The minimum absolute atomic E-state index is 0.0485. The Bertz CT molecular complexity index is 976. The highest BCUT2D eigenvalue weighted by molar-refractivity contribution is 5.98. The van der Waals surface area contributed by atoms with Gasteiger partial charge in [-0.25, -0.2) is 4.79 Å². The highest BCUT2D eigenvalue weighted by atomic mass is 16.4. The Morgan fingerprint density at radius 1 is 0.971 bits per heavy atom. The maximum absolute atomic E-state index is 12.8. The summed E-state index contributed by atoms with van der Waals surface area (Å²) in [6, 6.07) is 0. The van der Waals surface area contributed by atoms with Gasteiger partial charge in [0.05, 0.1) is 0 Å². The lowest BCUT2D eigenvalue weighted by atomic mass is 9.42. The average Bonchev–Trinajstić information content (AvgIpc) is 3.33. The second-order valence-corrected chi connectivity index (χ2v) is 14.1. The van der Waals surface area contributed by atoms with E-state index in [1.807, 2.05) is 0 Å². The highest BCUT2D eigenvalue weighted by Gasteiger charge is 2.82. The monoisotopic (exact) mass is 468 g/mol. The third kappa shape index (κ3) is 2.86. The fourth-order valence-corrected chi connectivity index (χ4v) is 10.9. The van der Waals surface area contributed by atoms with E-state index in [4.69, 9.17) is 5.11 Å². The zero-order valence-corrected chi connectivity index (χ0v) is 22.1. The molecule has 4 nitrogen and oxygen atoms in total. The van der Waals surface area contributed by atoms with Crippen LogP contribution >= 0.6 is 0 Å². The summed E-state index contributed by atoms with van der Waals surface area (Å²) in [5, 5.41) is 9.13. The predicted molar refractivity (Wildman–Crippen MR) is 132 cm³/mol. The van der Waals surface area contributed by atoms with Gasteiger partial charge in [-0.05, 0) is 110 Å². The molecular weight excluding hydrogens is 424 g/mol. The summed E-state index contributed by atoms with van der Waals surface area (Å²) in [6.45, 7) is 13.3. The van der Waals surface area contributed by atoms with Gasteiger partial charge in [-0.3, -0.25) is 9.59 Å². The molecule has 5 fully saturated rings. The Kier molecular flexibility index (Phi) is 5.20. The van der Waals surface area contributed by atoms with E-state index in [1.54, 1.807) is 0 Å². The minimum Gasteiger partial charge on any atom is -0.478 e. The number of ketones is 2. The summed E-state index contributed by atoms with van der Waals surface area (Å²) < 4.78 is 0. The Hall–Kier alpha value is -1.45. The van der Waals surface area contributed by atoms with E-state index < -0.39 is 5.97 Å². The van der Waals surface area contributed by atoms with E-state index in [-0.39, 0.29) is 28.1 Å². The molecule has 34 heavy (non-hydrogen) atoms. The van der Waals surface area contributed by atoms with Crippen LogP contribution in [-0.4, -0.2) is 22.6 Å². The third-order valence-electron chi connectivity index (χ3n) is 12.8. The van der Waals surface area contributed by atoms with Crippen LogP contribution in [0.2, 0.25) is 0 Å². The Balaban J connectivity index is 1.39. The molecule has 188 valence electrons. The first-order chi connectivity index (χ1) is 15.8. The first-order valence-electron chi connectivity index (χ1n) is 13.7. The van der Waals surface area contributed by atoms with Crippen LogP contribution in [0.3, 0.4) is 0 Å². The van der Waals surface area contributed by atoms with Crippen LogP contribution < -0.4 is 0 Å². The van der Waals surface area contributed by atoms with Gasteiger partial charge in [0.2, 0.25) is 0 Å². The molecule has 0 radical (unpaired) electrons. The normalized spacial score (nSPS) is 47.6. The molecule has 5 saturated carbocycles. The molecular formula is C30H44O4. The second kappa shape index (κ2) is 7.29. The fourth-order valence-electron chi connectivity index (χ4n) is 10.9. The molecule has 0 aliphatic heterocycles. The maximum atomic E-state index is 12.8. The second-order valence-electron chi connectivity index (χ2n) is 14.1. The number of carboxylic acid groups (broad SMARTS) is 1. The van der Waals surface area contributed by atoms with Crippen LogP contribution in [0.15, 0.2) is 11.6 Å². The molecule has 0 unspecified atom stereocenters. The van der Waals surface area contributed by atoms with Crippen molar-refractivity contribution >= 4 is 17.5 Å². The number of carbonyl (C=O) groups excluding carboxylic acids is 2. The fraction of sp³-hybridized carbons (Fsp3) is 0.833. The SMILES string of the molecule is C/C(=C\C(=O)C[C@@H](C)[C@H]1CC[C@@]2(C)[C@@H]3CC[C@@H]4C(C)(C)C(=O)CC[C@@]45C[C@@]35CC[C@]12C)C(=O)O. The summed E-state index contributed by atoms with van der Waals surface area (Å²) >= 11 is 0. The summed E-state index contributed by atoms with van der Waals surface area (Å²) in [5.41, 5.74) is 1.32. The van der Waals surface area contributed by atoms with Gasteiger partial charge in [0, 0.05) is 23.8 Å². The number of Topliss-reactive ketones (excluding diaryl/α,β-unsaturated/α-hetero) is 1. The van der Waals surface area contributed by atoms with Crippen LogP contribution in [0.4, 0.5) is 0 Å². The van der Waals surface area contributed by atoms with Crippen molar-refractivity contribution in [2.75, 3.05) is 0 Å². The average molecular weight is 469 g/mol. The molecule has 0 aromatic rings. The minimum atomic E-state index is -1.01. The van der Waals surface area contributed by atoms with Crippen molar-refractivity contribution in [2.24, 2.45) is 50.7 Å². The van der Waals surface area contributed by atoms with Crippen molar-refractivity contribution in [1.82, 2.24) is 0 Å². The van der Waals surface area contributed by atoms with Crippen molar-refractivity contribution in [3.63, 3.8) is 0 Å². The lowest BCUT2D eigenvalue weighted by molar-refractivity contribution is -0.157. The van der Waals surface area contributed by atoms with E-state index in [1.165, 1.54) is 57.9 Å². The standard InChI is InChI=1S/C30H44O4/c1-18(15-20(31)16-19(2)25(33)34)21-9-11-28(6)23-8-7-22-26(3,4)24(32)10-12-29(22)17-30(23,29)14-13-27(21,28)5/h16,18,21-23H,7-15,17H2,1-6H3,(H,33,34)/b19-16+/t18-,21-,22-,23+,27-,28+,29-,30+/m1/s1. The molecule has 0 heterocycles. The summed E-state index contributed by atoms with van der Waals surface area (Å²) in [7, 11) is 0. The van der Waals surface area contributed by atoms with Gasteiger partial charge in [-0.2, -0.15) is 0 Å². The molecule has 0 saturated heterocycles. The predicted octanol–water partition coefficient (Wildman–Crippen LogP) is 6.62. The lowest BCUT2D eigenvalue weighted by Crippen LogP contribution is -2.57. The van der Waals surface area contributed by atoms with Crippen LogP contribution in [0.5, 0.6) is 0 Å². The van der Waals surface area contributed by atoms with Gasteiger partial charge < -0.3 is 5.11 Å². The van der Waals surface area contributed by atoms with Gasteiger partial charge in [0.25, 0.3) is 0 Å². The smallest absolute Gasteiger partial charge is 0.331 e. The van der Waals surface area contributed by atoms with Gasteiger partial charge in [0.1, 0.15) is 5.78 Å². The molecule has 0 bridgehead atoms. The van der Waals surface area contributed by atoms with E-state index in [0.29, 0.717) is 40.3 Å². The van der Waals surface area contributed by atoms with Crippen LogP contribution in [0.25, 0.3) is 0 Å². The molecule has 1 N–H and O–H groups in total. The summed E-state index contributed by atoms with van der Waals surface area (Å²) in [5.74, 6) is 1.50. The van der Waals surface area contributed by atoms with E-state index in [2.05, 4.69) is 34.6 Å². The van der Waals surface area contributed by atoms with Crippen LogP contribution in [0.1, 0.15) is 106 Å². The number of rotatable bonds is 5. The maximum Gasteiger partial charge on any atom is 0.331 e. The first kappa shape index (κ1) is 24.3. The molecule has 5 rings (SSSR count). The van der Waals surface area contributed by atoms with Crippen molar-refractivity contribution in [3.05, 3.63) is 11.6 Å². The van der Waals surface area contributed by atoms with E-state index in [0.717, 1.165) is 18.8 Å². The molecule has 2 spiro atoms. The molecule has 5 aliphatic carbocycles. The number of aliphatic carboxylic acids is 1. The van der Waals surface area contributed by atoms with Crippen molar-refractivity contribution in [3.8, 4) is 0 Å². The van der Waals surface area contributed by atoms with Gasteiger partial charge in [-0.1, -0.05) is 34.6 Å². The largest absolute Gasteiger partial charge is 0.478 e. The van der Waals surface area contributed by atoms with Gasteiger partial charge in [-0.15, -0.1) is 0 Å². The van der Waals surface area contributed by atoms with Crippen molar-refractivity contribution in [1.29, 1.82) is 0 Å². The first-order valence-corrected chi connectivity index (χ1v) is 13.7. The number of allylic oxidation sites excluding steroid dienone is 1. The van der Waals surface area contributed by atoms with E-state index >= 15 is 0 Å². The van der Waals surface area contributed by atoms with E-state index in [9.17, 15) is 14.4 Å². The number of hydrogen-bond acceptors (Lipinski definition) is 3. The molecule has 5 aliphatic rings. The zero-order valence-electron chi connectivity index (χ0n) is 22.1. The molecule has 0 amide bonds. The molecule has 4 heteroatoms. The number of carbonyl (C=O) groups is 3. The zero-order chi connectivity index (χ0) is 24.9.